The summed E-state index contributed by atoms with van der Waals surface area (Å²) in [5.74, 6) is -1.11. The van der Waals surface area contributed by atoms with Crippen molar-refractivity contribution < 1.29 is 4.79 Å². The molecule has 0 fully saturated rings. The Kier molecular flexibility index (Phi) is 3.10. The van der Waals surface area contributed by atoms with Crippen LogP contribution in [-0.4, -0.2) is 18.0 Å². The number of nitrogens with one attached hydrogen (secondary N) is 2. The van der Waals surface area contributed by atoms with Gasteiger partial charge < -0.3 is 11.1 Å². The first-order valence-electron chi connectivity index (χ1n) is 5.03. The zero-order chi connectivity index (χ0) is 12.1. The molecular weight excluding hydrogens is 220 g/mol. The molecule has 7 nitrogen and oxygen atoms in total. The number of hydrogen-bond donors (Lipinski definition) is 3. The number of nitrogens with two attached hydrogens (primary N) is 1. The van der Waals surface area contributed by atoms with Crippen molar-refractivity contribution in [2.75, 3.05) is 0 Å². The van der Waals surface area contributed by atoms with Crippen molar-refractivity contribution in [3.8, 4) is 0 Å². The number of amidine groups is 1. The van der Waals surface area contributed by atoms with Crippen molar-refractivity contribution in [2.45, 2.75) is 12.3 Å². The molecular formula is C10H12N6O. The Balaban J connectivity index is 2.08. The van der Waals surface area contributed by atoms with Gasteiger partial charge in [0.05, 0.1) is 0 Å². The summed E-state index contributed by atoms with van der Waals surface area (Å²) in [4.78, 5) is 10.6. The van der Waals surface area contributed by atoms with E-state index < -0.39 is 5.79 Å². The molecule has 2 rings (SSSR count). The third kappa shape index (κ3) is 2.28. The van der Waals surface area contributed by atoms with Gasteiger partial charge in [-0.2, -0.15) is 0 Å². The zero-order valence-corrected chi connectivity index (χ0v) is 9.00. The van der Waals surface area contributed by atoms with Crippen LogP contribution in [0.3, 0.4) is 0 Å². The van der Waals surface area contributed by atoms with Crippen molar-refractivity contribution in [2.24, 2.45) is 21.2 Å². The molecule has 0 saturated carbocycles. The molecule has 1 amide bonds. The molecule has 88 valence electrons. The van der Waals surface area contributed by atoms with E-state index in [0.717, 1.165) is 5.56 Å². The van der Waals surface area contributed by atoms with Gasteiger partial charge in [-0.05, 0) is 10.8 Å². The highest BCUT2D eigenvalue weighted by Gasteiger charge is 2.37. The molecule has 1 aromatic rings. The van der Waals surface area contributed by atoms with Crippen molar-refractivity contribution in [3.05, 3.63) is 35.9 Å². The number of rotatable bonds is 5. The average Bonchev–Trinajstić information content (AvgIpc) is 2.71. The van der Waals surface area contributed by atoms with Crippen LogP contribution in [0.5, 0.6) is 0 Å². The minimum atomic E-state index is -1.22. The number of carbonyl (C=O) groups is 1. The molecule has 7 heteroatoms. The largest absolute Gasteiger partial charge is 0.381 e. The van der Waals surface area contributed by atoms with Crippen LogP contribution in [0, 0.1) is 0 Å². The van der Waals surface area contributed by atoms with Gasteiger partial charge in [-0.25, -0.2) is 0 Å². The maximum atomic E-state index is 10.6. The minimum Gasteiger partial charge on any atom is -0.381 e. The molecule has 1 atom stereocenters. The molecule has 1 aliphatic heterocycles. The van der Waals surface area contributed by atoms with Crippen LogP contribution in [0.25, 0.3) is 0 Å². The van der Waals surface area contributed by atoms with Gasteiger partial charge in [-0.1, -0.05) is 30.3 Å². The van der Waals surface area contributed by atoms with Crippen LogP contribution < -0.4 is 16.4 Å². The highest BCUT2D eigenvalue weighted by Crippen LogP contribution is 2.12. The molecule has 1 heterocycles. The van der Waals surface area contributed by atoms with E-state index in [-0.39, 0.29) is 5.84 Å². The molecule has 1 aromatic carbocycles. The van der Waals surface area contributed by atoms with Gasteiger partial charge in [-0.15, -0.1) is 10.2 Å². The summed E-state index contributed by atoms with van der Waals surface area (Å²) in [5, 5.41) is 16.3. The van der Waals surface area contributed by atoms with Gasteiger partial charge in [0.2, 0.25) is 6.41 Å². The lowest BCUT2D eigenvalue weighted by Gasteiger charge is -2.24. The number of carbonyl (C=O) groups excluding carboxylic acids is 1. The minimum absolute atomic E-state index is 0.112. The van der Waals surface area contributed by atoms with Crippen LogP contribution in [0.2, 0.25) is 0 Å². The number of hydrogen-bond acceptors (Lipinski definition) is 6. The second kappa shape index (κ2) is 4.71. The summed E-state index contributed by atoms with van der Waals surface area (Å²) in [5.41, 5.74) is 6.68. The fourth-order valence-electron chi connectivity index (χ4n) is 1.45. The van der Waals surface area contributed by atoms with Crippen LogP contribution in [0.4, 0.5) is 0 Å². The van der Waals surface area contributed by atoms with E-state index in [9.17, 15) is 4.79 Å². The molecule has 0 bridgehead atoms. The first kappa shape index (κ1) is 11.2. The topological polar surface area (TPSA) is 104 Å². The lowest BCUT2D eigenvalue weighted by atomic mass is 10.2. The smallest absolute Gasteiger partial charge is 0.269 e. The molecule has 1 unspecified atom stereocenters. The first-order valence-corrected chi connectivity index (χ1v) is 5.03. The molecule has 0 aromatic heterocycles. The Hall–Kier alpha value is -2.28. The van der Waals surface area contributed by atoms with E-state index in [1.807, 2.05) is 30.3 Å². The van der Waals surface area contributed by atoms with Crippen molar-refractivity contribution >= 4 is 12.2 Å². The molecule has 0 aliphatic carbocycles. The van der Waals surface area contributed by atoms with Crippen molar-refractivity contribution in [3.63, 3.8) is 0 Å². The molecule has 1 aliphatic rings. The fourth-order valence-corrected chi connectivity index (χ4v) is 1.45. The average molecular weight is 232 g/mol. The number of amides is 1. The predicted molar refractivity (Wildman–Crippen MR) is 61.7 cm³/mol. The fraction of sp³-hybridized carbons (Fsp3) is 0.200. The van der Waals surface area contributed by atoms with Gasteiger partial charge in [-0.3, -0.25) is 10.1 Å². The molecule has 17 heavy (non-hydrogen) atoms. The Morgan fingerprint density at radius 3 is 2.71 bits per heavy atom. The van der Waals surface area contributed by atoms with Gasteiger partial charge in [0.25, 0.3) is 5.79 Å². The van der Waals surface area contributed by atoms with Crippen LogP contribution >= 0.6 is 0 Å². The first-order chi connectivity index (χ1) is 8.27. The van der Waals surface area contributed by atoms with E-state index in [0.29, 0.717) is 13.0 Å². The highest BCUT2D eigenvalue weighted by molar-refractivity contribution is 5.91. The SMILES string of the molecule is NC1=NN=NC1(NC=O)NCc1ccccc1. The predicted octanol–water partition coefficient (Wildman–Crippen LogP) is -0.0860. The maximum Gasteiger partial charge on any atom is 0.269 e. The van der Waals surface area contributed by atoms with E-state index >= 15 is 0 Å². The Labute approximate surface area is 97.8 Å². The van der Waals surface area contributed by atoms with Crippen LogP contribution in [-0.2, 0) is 11.3 Å². The summed E-state index contributed by atoms with van der Waals surface area (Å²) in [6.07, 6.45) is 0.505. The van der Waals surface area contributed by atoms with Gasteiger partial charge >= 0.3 is 0 Å². The summed E-state index contributed by atoms with van der Waals surface area (Å²) in [6, 6.07) is 9.66. The molecule has 0 spiro atoms. The Morgan fingerprint density at radius 2 is 2.12 bits per heavy atom. The lowest BCUT2D eigenvalue weighted by molar-refractivity contribution is -0.110. The third-order valence-electron chi connectivity index (χ3n) is 2.38. The molecule has 0 radical (unpaired) electrons. The second-order valence-electron chi connectivity index (χ2n) is 3.49. The van der Waals surface area contributed by atoms with E-state index in [1.165, 1.54) is 0 Å². The Bertz CT molecular complexity index is 457. The highest BCUT2D eigenvalue weighted by atomic mass is 16.1. The summed E-state index contributed by atoms with van der Waals surface area (Å²) < 4.78 is 0. The summed E-state index contributed by atoms with van der Waals surface area (Å²) in [7, 11) is 0. The van der Waals surface area contributed by atoms with Crippen molar-refractivity contribution in [1.82, 2.24) is 10.6 Å². The summed E-state index contributed by atoms with van der Waals surface area (Å²) >= 11 is 0. The van der Waals surface area contributed by atoms with Crippen molar-refractivity contribution in [1.29, 1.82) is 0 Å². The maximum absolute atomic E-state index is 10.6. The van der Waals surface area contributed by atoms with Gasteiger partial charge in [0.15, 0.2) is 5.84 Å². The summed E-state index contributed by atoms with van der Waals surface area (Å²) in [6.45, 7) is 0.483. The normalized spacial score (nSPS) is 22.2. The zero-order valence-electron chi connectivity index (χ0n) is 9.00. The van der Waals surface area contributed by atoms with Crippen LogP contribution in [0.1, 0.15) is 5.56 Å². The monoisotopic (exact) mass is 232 g/mol. The quantitative estimate of drug-likeness (QED) is 0.488. The van der Waals surface area contributed by atoms with Gasteiger partial charge in [0, 0.05) is 6.54 Å². The van der Waals surface area contributed by atoms with E-state index in [2.05, 4.69) is 26.1 Å². The standard InChI is InChI=1S/C10H12N6O/c11-9-10(13-7-17,15-16-14-9)12-6-8-4-2-1-3-5-8/h1-5,7,12H,6H2,(H,13,17)(H2,11,14,15). The lowest BCUT2D eigenvalue weighted by Crippen LogP contribution is -2.61. The number of nitrogens with zero attached hydrogens (tertiary/aromatic N) is 3. The van der Waals surface area contributed by atoms with Crippen LogP contribution in [0.15, 0.2) is 45.8 Å². The molecule has 4 N–H and O–H groups in total. The Morgan fingerprint density at radius 1 is 1.35 bits per heavy atom. The van der Waals surface area contributed by atoms with E-state index in [4.69, 9.17) is 5.73 Å². The third-order valence-corrected chi connectivity index (χ3v) is 2.38. The van der Waals surface area contributed by atoms with E-state index in [1.54, 1.807) is 0 Å². The second-order valence-corrected chi connectivity index (χ2v) is 3.49. The van der Waals surface area contributed by atoms with Gasteiger partial charge in [0.1, 0.15) is 0 Å². The number of benzene rings is 1. The molecule has 0 saturated heterocycles.